The van der Waals surface area contributed by atoms with Gasteiger partial charge in [-0.15, -0.1) is 0 Å². The molecule has 1 N–H and O–H groups in total. The second-order valence-corrected chi connectivity index (χ2v) is 10.9. The fraction of sp³-hybridized carbons (Fsp3) is 0.394. The first kappa shape index (κ1) is 28.7. The van der Waals surface area contributed by atoms with Crippen LogP contribution in [-0.2, 0) is 22.6 Å². The maximum Gasteiger partial charge on any atom is 0.242 e. The van der Waals surface area contributed by atoms with Crippen molar-refractivity contribution in [3.8, 4) is 28.7 Å². The van der Waals surface area contributed by atoms with Gasteiger partial charge in [0, 0.05) is 44.7 Å². The van der Waals surface area contributed by atoms with Crippen LogP contribution in [0.5, 0.6) is 28.7 Å². The summed E-state index contributed by atoms with van der Waals surface area (Å²) < 4.78 is 29.3. The summed E-state index contributed by atoms with van der Waals surface area (Å²) in [6.07, 6.45) is 1.50. The van der Waals surface area contributed by atoms with Crippen LogP contribution < -0.4 is 29.0 Å². The quantitative estimate of drug-likeness (QED) is 0.483. The summed E-state index contributed by atoms with van der Waals surface area (Å²) in [6, 6.07) is 17.7. The average molecular weight is 588 g/mol. The van der Waals surface area contributed by atoms with E-state index in [9.17, 15) is 9.59 Å². The average Bonchev–Trinajstić information content (AvgIpc) is 3.47. The van der Waals surface area contributed by atoms with Crippen LogP contribution in [0.3, 0.4) is 0 Å². The highest BCUT2D eigenvalue weighted by Crippen LogP contribution is 2.39. The first-order valence-corrected chi connectivity index (χ1v) is 14.7. The smallest absolute Gasteiger partial charge is 0.242 e. The van der Waals surface area contributed by atoms with E-state index in [-0.39, 0.29) is 31.2 Å². The lowest BCUT2D eigenvalue weighted by Gasteiger charge is -2.38. The van der Waals surface area contributed by atoms with Gasteiger partial charge in [-0.25, -0.2) is 0 Å². The van der Waals surface area contributed by atoms with E-state index in [0.29, 0.717) is 45.0 Å². The minimum atomic E-state index is -0.289. The molecule has 4 heterocycles. The van der Waals surface area contributed by atoms with Gasteiger partial charge in [0.1, 0.15) is 23.9 Å². The number of hydrogen-bond acceptors (Lipinski definition) is 8. The lowest BCUT2D eigenvalue weighted by molar-refractivity contribution is -0.134. The summed E-state index contributed by atoms with van der Waals surface area (Å²) in [7, 11) is 1.67. The molecule has 0 saturated heterocycles. The Morgan fingerprint density at radius 2 is 1.74 bits per heavy atom. The van der Waals surface area contributed by atoms with Crippen LogP contribution in [0.1, 0.15) is 41.6 Å². The summed E-state index contributed by atoms with van der Waals surface area (Å²) in [5.74, 6) is 3.41. The molecule has 0 spiro atoms. The molecule has 2 amide bonds. The van der Waals surface area contributed by atoms with Gasteiger partial charge in [-0.2, -0.15) is 0 Å². The van der Waals surface area contributed by atoms with Crippen LogP contribution in [0.4, 0.5) is 0 Å². The first-order chi connectivity index (χ1) is 21.0. The minimum Gasteiger partial charge on any atom is -0.496 e. The van der Waals surface area contributed by atoms with Crippen molar-refractivity contribution >= 4 is 11.8 Å². The van der Waals surface area contributed by atoms with Crippen molar-refractivity contribution in [2.45, 2.75) is 32.4 Å². The Kier molecular flexibility index (Phi) is 8.55. The first-order valence-electron chi connectivity index (χ1n) is 14.7. The van der Waals surface area contributed by atoms with Crippen molar-refractivity contribution in [3.63, 3.8) is 0 Å². The molecule has 1 atom stereocenters. The predicted octanol–water partition coefficient (Wildman–Crippen LogP) is 3.70. The van der Waals surface area contributed by atoms with E-state index in [2.05, 4.69) is 22.3 Å². The van der Waals surface area contributed by atoms with Gasteiger partial charge in [-0.1, -0.05) is 18.2 Å². The van der Waals surface area contributed by atoms with Gasteiger partial charge >= 0.3 is 0 Å². The van der Waals surface area contributed by atoms with Crippen LogP contribution in [-0.4, -0.2) is 74.9 Å². The van der Waals surface area contributed by atoms with E-state index in [1.807, 2.05) is 47.4 Å². The van der Waals surface area contributed by atoms with E-state index in [1.54, 1.807) is 7.11 Å². The fourth-order valence-corrected chi connectivity index (χ4v) is 5.96. The van der Waals surface area contributed by atoms with Gasteiger partial charge in [-0.3, -0.25) is 14.5 Å². The third kappa shape index (κ3) is 6.49. The topological polar surface area (TPSA) is 98.8 Å². The Balaban J connectivity index is 1.26. The van der Waals surface area contributed by atoms with Crippen LogP contribution >= 0.6 is 0 Å². The zero-order valence-corrected chi connectivity index (χ0v) is 24.6. The van der Waals surface area contributed by atoms with Gasteiger partial charge in [0.25, 0.3) is 0 Å². The highest BCUT2D eigenvalue weighted by Gasteiger charge is 2.32. The molecule has 226 valence electrons. The maximum atomic E-state index is 13.3. The van der Waals surface area contributed by atoms with Crippen molar-refractivity contribution in [2.24, 2.45) is 0 Å². The van der Waals surface area contributed by atoms with Gasteiger partial charge in [0.2, 0.25) is 18.6 Å². The molecular weight excluding hydrogens is 550 g/mol. The number of hydrogen-bond donors (Lipinski definition) is 1. The molecule has 7 rings (SSSR count). The van der Waals surface area contributed by atoms with Crippen molar-refractivity contribution < 1.29 is 33.3 Å². The number of nitrogens with one attached hydrogen (secondary N) is 1. The number of carbonyl (C=O) groups excluding carboxylic acids is 2. The van der Waals surface area contributed by atoms with Crippen molar-refractivity contribution in [1.82, 2.24) is 15.1 Å². The Hall–Kier alpha value is -4.44. The number of carbonyl (C=O) groups is 2. The zero-order chi connectivity index (χ0) is 29.8. The molecule has 0 saturated carbocycles. The monoisotopic (exact) mass is 587 g/mol. The lowest BCUT2D eigenvalue weighted by atomic mass is 9.87. The highest BCUT2D eigenvalue weighted by atomic mass is 16.7. The molecule has 43 heavy (non-hydrogen) atoms. The number of benzene rings is 3. The van der Waals surface area contributed by atoms with Crippen molar-refractivity contribution in [1.29, 1.82) is 0 Å². The molecule has 0 aromatic heterocycles. The lowest BCUT2D eigenvalue weighted by Crippen LogP contribution is -2.45. The van der Waals surface area contributed by atoms with E-state index in [1.165, 1.54) is 6.92 Å². The highest BCUT2D eigenvalue weighted by molar-refractivity contribution is 5.84. The molecule has 4 aliphatic rings. The minimum absolute atomic E-state index is 0.0345. The largest absolute Gasteiger partial charge is 0.496 e. The molecular formula is C33H37N3O7. The summed E-state index contributed by atoms with van der Waals surface area (Å²) in [5.41, 5.74) is 4.18. The van der Waals surface area contributed by atoms with Crippen molar-refractivity contribution in [3.05, 3.63) is 76.9 Å². The second-order valence-electron chi connectivity index (χ2n) is 10.9. The van der Waals surface area contributed by atoms with E-state index >= 15 is 0 Å². The summed E-state index contributed by atoms with van der Waals surface area (Å²) in [4.78, 5) is 28.9. The molecule has 0 fully saturated rings. The molecule has 10 nitrogen and oxygen atoms in total. The summed E-state index contributed by atoms with van der Waals surface area (Å²) in [5, 5.41) is 2.65. The third-order valence-electron chi connectivity index (χ3n) is 8.06. The zero-order valence-electron chi connectivity index (χ0n) is 24.6. The molecule has 1 unspecified atom stereocenters. The Morgan fingerprint density at radius 3 is 2.58 bits per heavy atom. The maximum absolute atomic E-state index is 13.3. The standard InChI is InChI=1S/C33H37N3O7/c1-22(37)34-19-32(38)36-11-9-23-15-27-7-8-28(23)33(36)24-5-3-6-26(16-24)40-13-4-10-35(12-14-41-27)20-25-17-30-31(43-21-42-30)18-29(25)39-2/h3,5-8,15-18,33H,4,9-14,19-21H2,1-2H3,(H,34,37). The normalized spacial score (nSPS) is 18.0. The molecule has 0 aliphatic carbocycles. The van der Waals surface area contributed by atoms with Crippen LogP contribution in [0, 0.1) is 0 Å². The van der Waals surface area contributed by atoms with E-state index < -0.39 is 0 Å². The number of methoxy groups -OCH3 is 1. The third-order valence-corrected chi connectivity index (χ3v) is 8.06. The molecule has 10 heteroatoms. The van der Waals surface area contributed by atoms with Gasteiger partial charge in [0.15, 0.2) is 11.5 Å². The van der Waals surface area contributed by atoms with Crippen LogP contribution in [0.25, 0.3) is 0 Å². The number of fused-ring (bicyclic) bond motifs is 9. The molecule has 3 aromatic rings. The number of rotatable bonds is 5. The van der Waals surface area contributed by atoms with Gasteiger partial charge in [-0.05, 0) is 59.9 Å². The van der Waals surface area contributed by atoms with Crippen molar-refractivity contribution in [2.75, 3.05) is 53.3 Å². The SMILES string of the molecule is COc1cc2c(cc1CN1CCCOc3cccc(c3)C3c4ccc(cc4CCN3C(=O)CNC(C)=O)OCC1)OCO2. The Labute approximate surface area is 251 Å². The molecule has 0 radical (unpaired) electrons. The number of amides is 2. The van der Waals surface area contributed by atoms with Crippen LogP contribution in [0.15, 0.2) is 54.6 Å². The molecule has 3 aromatic carbocycles. The van der Waals surface area contributed by atoms with Crippen LogP contribution in [0.2, 0.25) is 0 Å². The van der Waals surface area contributed by atoms with E-state index in [0.717, 1.165) is 58.2 Å². The Bertz CT molecular complexity index is 1490. The predicted molar refractivity (Wildman–Crippen MR) is 159 cm³/mol. The Morgan fingerprint density at radius 1 is 0.930 bits per heavy atom. The second kappa shape index (κ2) is 12.8. The van der Waals surface area contributed by atoms with E-state index in [4.69, 9.17) is 23.7 Å². The molecule has 6 bridgehead atoms. The summed E-state index contributed by atoms with van der Waals surface area (Å²) in [6.45, 7) is 5.34. The van der Waals surface area contributed by atoms with Gasteiger partial charge < -0.3 is 33.9 Å². The summed E-state index contributed by atoms with van der Waals surface area (Å²) >= 11 is 0. The fourth-order valence-electron chi connectivity index (χ4n) is 5.96. The molecule has 4 aliphatic heterocycles. The van der Waals surface area contributed by atoms with Gasteiger partial charge in [0.05, 0.1) is 26.3 Å². The number of ether oxygens (including phenoxy) is 5. The number of nitrogens with zero attached hydrogens (tertiary/aromatic N) is 2.